The van der Waals surface area contributed by atoms with E-state index in [1.54, 1.807) is 41.1 Å². The molecule has 8 rings (SSSR count). The fraction of sp³-hybridized carbons (Fsp3) is 0.783. The number of aryl methyl sites for hydroxylation is 1. The Morgan fingerprint density at radius 2 is 1.24 bits per heavy atom. The van der Waals surface area contributed by atoms with Crippen molar-refractivity contribution in [1.29, 1.82) is 0 Å². The zero-order chi connectivity index (χ0) is 48.1. The summed E-state index contributed by atoms with van der Waals surface area (Å²) in [5.41, 5.74) is -2.64. The Kier molecular flexibility index (Phi) is 15.6. The summed E-state index contributed by atoms with van der Waals surface area (Å²) >= 11 is 0. The SMILES string of the molecule is CN[C@@H]1[C@H](O)[C@H](NCO[C@@H]2C3OC4O[C@H](C)C[C@@](O)(CNCCC(C)c5ccccc5)[C@]4(O)OC3[C@@H](NC)[C@@H](O)[C@H]2NC)C2O[C@]3(O)C(OC2[C@H]1O)O[C@H](C)C[C@@]3(O)CNCc1ccc(C)o1. The molecule has 0 spiro atoms. The lowest BCUT2D eigenvalue weighted by atomic mass is 9.77. The van der Waals surface area contributed by atoms with Gasteiger partial charge in [-0.05, 0) is 78.5 Å². The molecule has 2 saturated carbocycles. The van der Waals surface area contributed by atoms with Gasteiger partial charge in [0.2, 0.25) is 24.2 Å². The maximum atomic E-state index is 12.4. The molecular weight excluding hydrogens is 877 g/mol. The first kappa shape index (κ1) is 51.1. The van der Waals surface area contributed by atoms with Crippen LogP contribution in [0.3, 0.4) is 0 Å². The molecular formula is C46H74N6O15. The number of benzene rings is 1. The number of aliphatic hydroxyl groups excluding tert-OH is 3. The van der Waals surface area contributed by atoms with E-state index < -0.39 is 121 Å². The molecule has 2 aliphatic carbocycles. The minimum absolute atomic E-state index is 0.0251. The number of nitrogens with one attached hydrogen (secondary N) is 6. The molecule has 0 radical (unpaired) electrons. The van der Waals surface area contributed by atoms with Crippen molar-refractivity contribution in [3.8, 4) is 0 Å². The molecule has 7 unspecified atom stereocenters. The van der Waals surface area contributed by atoms with Crippen molar-refractivity contribution >= 4 is 0 Å². The molecule has 378 valence electrons. The lowest BCUT2D eigenvalue weighted by Crippen LogP contribution is -2.82. The van der Waals surface area contributed by atoms with Crippen LogP contribution in [0, 0.1) is 6.92 Å². The third kappa shape index (κ3) is 9.51. The van der Waals surface area contributed by atoms with Gasteiger partial charge in [0, 0.05) is 25.9 Å². The summed E-state index contributed by atoms with van der Waals surface area (Å²) in [6.45, 7) is 7.74. The third-order valence-corrected chi connectivity index (χ3v) is 15.0. The highest BCUT2D eigenvalue weighted by Crippen LogP contribution is 2.48. The van der Waals surface area contributed by atoms with Crippen molar-refractivity contribution in [3.63, 3.8) is 0 Å². The van der Waals surface area contributed by atoms with Crippen molar-refractivity contribution in [1.82, 2.24) is 31.9 Å². The average Bonchev–Trinajstić information content (AvgIpc) is 3.71. The lowest BCUT2D eigenvalue weighted by molar-refractivity contribution is -0.483. The molecule has 6 fully saturated rings. The quantitative estimate of drug-likeness (QED) is 0.0568. The van der Waals surface area contributed by atoms with E-state index in [1.165, 1.54) is 5.56 Å². The number of hydrogen-bond acceptors (Lipinski definition) is 21. The molecule has 0 bridgehead atoms. The zero-order valence-corrected chi connectivity index (χ0v) is 39.4. The van der Waals surface area contributed by atoms with Crippen LogP contribution in [-0.2, 0) is 39.7 Å². The number of fused-ring (bicyclic) bond motifs is 4. The first-order chi connectivity index (χ1) is 31.9. The number of furan rings is 1. The van der Waals surface area contributed by atoms with Gasteiger partial charge in [0.25, 0.3) is 0 Å². The molecule has 13 N–H and O–H groups in total. The number of aliphatic hydroxyl groups is 7. The predicted octanol–water partition coefficient (Wildman–Crippen LogP) is -2.69. The standard InChI is InChI=1S/C46H74N6O15/c1-23(27-11-9-8-10-12-27)15-16-50-20-43(56)17-25(3)63-42-46(43,59)66-37-31(49-7)34(54)30(48-6)36(40(37)65-42)60-22-52-32-33(53)29(47-5)35(55)39-38(32)67-45(58)41(64-39)62-26(4)18-44(45,57)21-51-19-28-14-13-24(2)61-28/h8-14,23,25-26,29-42,47-59H,15-22H2,1-7H3/t23?,25-,26-,29-,30-,31+,32+,33+,34+,35+,36+,37?,38?,39?,40?,41?,42?,43-,44-,45-,46-/m1/s1. The van der Waals surface area contributed by atoms with Crippen LogP contribution in [0.1, 0.15) is 63.0 Å². The van der Waals surface area contributed by atoms with Crippen LogP contribution in [0.5, 0.6) is 0 Å². The van der Waals surface area contributed by atoms with Gasteiger partial charge in [-0.3, -0.25) is 5.32 Å². The van der Waals surface area contributed by atoms with Crippen LogP contribution in [0.15, 0.2) is 46.9 Å². The molecule has 4 saturated heterocycles. The summed E-state index contributed by atoms with van der Waals surface area (Å²) in [4.78, 5) is 0. The van der Waals surface area contributed by atoms with Crippen LogP contribution in [0.25, 0.3) is 0 Å². The Bertz CT molecular complexity index is 1930. The molecule has 67 heavy (non-hydrogen) atoms. The van der Waals surface area contributed by atoms with Gasteiger partial charge in [0.15, 0.2) is 0 Å². The fourth-order valence-corrected chi connectivity index (χ4v) is 11.3. The normalized spacial score (nSPS) is 45.6. The Morgan fingerprint density at radius 1 is 0.672 bits per heavy atom. The maximum Gasteiger partial charge on any atom is 0.249 e. The Hall–Kier alpha value is -2.30. The van der Waals surface area contributed by atoms with Gasteiger partial charge in [0.05, 0.1) is 61.9 Å². The lowest BCUT2D eigenvalue weighted by Gasteiger charge is -2.61. The van der Waals surface area contributed by atoms with Gasteiger partial charge in [-0.15, -0.1) is 0 Å². The van der Waals surface area contributed by atoms with Crippen molar-refractivity contribution in [2.24, 2.45) is 0 Å². The summed E-state index contributed by atoms with van der Waals surface area (Å²) in [5, 5.41) is 103. The van der Waals surface area contributed by atoms with E-state index in [2.05, 4.69) is 51.0 Å². The summed E-state index contributed by atoms with van der Waals surface area (Å²) in [7, 11) is 4.88. The first-order valence-corrected chi connectivity index (χ1v) is 23.7. The van der Waals surface area contributed by atoms with Gasteiger partial charge in [-0.2, -0.15) is 0 Å². The Labute approximate surface area is 391 Å². The minimum Gasteiger partial charge on any atom is -0.465 e. The molecule has 4 aliphatic heterocycles. The molecule has 6 aliphatic rings. The van der Waals surface area contributed by atoms with E-state index in [-0.39, 0.29) is 45.1 Å². The summed E-state index contributed by atoms with van der Waals surface area (Å²) in [5.74, 6) is -3.23. The molecule has 21 nitrogen and oxygen atoms in total. The molecule has 1 aromatic carbocycles. The van der Waals surface area contributed by atoms with Gasteiger partial charge in [-0.25, -0.2) is 0 Å². The van der Waals surface area contributed by atoms with Crippen LogP contribution in [0.2, 0.25) is 0 Å². The molecule has 21 heteroatoms. The molecule has 2 aromatic rings. The number of likely N-dealkylation sites (N-methyl/N-ethyl adjacent to an activating group) is 3. The van der Waals surface area contributed by atoms with Crippen molar-refractivity contribution in [3.05, 3.63) is 59.5 Å². The first-order valence-electron chi connectivity index (χ1n) is 23.7. The maximum absolute atomic E-state index is 12.4. The highest BCUT2D eigenvalue weighted by Gasteiger charge is 2.70. The zero-order valence-electron chi connectivity index (χ0n) is 39.4. The number of hydrogen-bond donors (Lipinski definition) is 13. The highest BCUT2D eigenvalue weighted by atomic mass is 16.8. The summed E-state index contributed by atoms with van der Waals surface area (Å²) in [6, 6.07) is 10.1. The highest BCUT2D eigenvalue weighted by molar-refractivity contribution is 5.19. The van der Waals surface area contributed by atoms with Gasteiger partial charge < -0.3 is 99.9 Å². The second kappa shape index (κ2) is 20.4. The fourth-order valence-electron chi connectivity index (χ4n) is 11.3. The summed E-state index contributed by atoms with van der Waals surface area (Å²) < 4.78 is 50.3. The molecule has 5 heterocycles. The van der Waals surface area contributed by atoms with Gasteiger partial charge in [-0.1, -0.05) is 37.3 Å². The number of ether oxygens (including phenoxy) is 7. The van der Waals surface area contributed by atoms with Crippen molar-refractivity contribution < 1.29 is 73.3 Å². The predicted molar refractivity (Wildman–Crippen MR) is 238 cm³/mol. The minimum atomic E-state index is -2.47. The van der Waals surface area contributed by atoms with Crippen LogP contribution < -0.4 is 31.9 Å². The third-order valence-electron chi connectivity index (χ3n) is 15.0. The summed E-state index contributed by atoms with van der Waals surface area (Å²) in [6.07, 6.45) is -12.8. The van der Waals surface area contributed by atoms with E-state index in [4.69, 9.17) is 37.6 Å². The smallest absolute Gasteiger partial charge is 0.249 e. The Balaban J connectivity index is 0.987. The Morgan fingerprint density at radius 3 is 1.82 bits per heavy atom. The van der Waals surface area contributed by atoms with Crippen molar-refractivity contribution in [2.75, 3.05) is 47.5 Å². The second-order valence-corrected chi connectivity index (χ2v) is 19.6. The van der Waals surface area contributed by atoms with E-state index in [1.807, 2.05) is 31.2 Å². The van der Waals surface area contributed by atoms with Crippen molar-refractivity contribution in [2.45, 2.75) is 180 Å². The van der Waals surface area contributed by atoms with Gasteiger partial charge in [0.1, 0.15) is 59.3 Å². The number of rotatable bonds is 17. The van der Waals surface area contributed by atoms with Crippen LogP contribution >= 0.6 is 0 Å². The largest absolute Gasteiger partial charge is 0.465 e. The average molecular weight is 951 g/mol. The molecule has 21 atom stereocenters. The van der Waals surface area contributed by atoms with Gasteiger partial charge >= 0.3 is 0 Å². The molecule has 0 amide bonds. The van der Waals surface area contributed by atoms with E-state index in [9.17, 15) is 35.7 Å². The molecule has 1 aromatic heterocycles. The van der Waals surface area contributed by atoms with Crippen LogP contribution in [0.4, 0.5) is 0 Å². The van der Waals surface area contributed by atoms with E-state index >= 15 is 0 Å². The second-order valence-electron chi connectivity index (χ2n) is 19.6. The van der Waals surface area contributed by atoms with Crippen LogP contribution in [-0.4, -0.2) is 204 Å². The van der Waals surface area contributed by atoms with E-state index in [0.717, 1.165) is 12.2 Å². The van der Waals surface area contributed by atoms with E-state index in [0.29, 0.717) is 12.3 Å². The monoisotopic (exact) mass is 951 g/mol. The topological polar surface area (TPSA) is 292 Å².